The van der Waals surface area contributed by atoms with Gasteiger partial charge in [0.25, 0.3) is 0 Å². The van der Waals surface area contributed by atoms with Gasteiger partial charge in [-0.3, -0.25) is 0 Å². The van der Waals surface area contributed by atoms with Gasteiger partial charge in [-0.05, 0) is 68.5 Å². The highest BCUT2D eigenvalue weighted by molar-refractivity contribution is 5.83. The lowest BCUT2D eigenvalue weighted by atomic mass is 9.96. The fraction of sp³-hybridized carbons (Fsp3) is 0.423. The Hall–Kier alpha value is -2.71. The van der Waals surface area contributed by atoms with E-state index in [2.05, 4.69) is 19.9 Å². The minimum absolute atomic E-state index is 0.485. The number of aliphatic hydroxyl groups is 3. The van der Waals surface area contributed by atoms with Gasteiger partial charge in [-0.1, -0.05) is 36.0 Å². The summed E-state index contributed by atoms with van der Waals surface area (Å²) >= 11 is 0. The van der Waals surface area contributed by atoms with E-state index in [9.17, 15) is 15.0 Å². The summed E-state index contributed by atoms with van der Waals surface area (Å²) in [6.07, 6.45) is 5.84. The number of rotatable bonds is 8. The van der Waals surface area contributed by atoms with Crippen LogP contribution < -0.4 is 4.74 Å². The summed E-state index contributed by atoms with van der Waals surface area (Å²) in [5.74, 6) is 0.171. The lowest BCUT2D eigenvalue weighted by Crippen LogP contribution is -2.35. The first-order chi connectivity index (χ1) is 15.6. The van der Waals surface area contributed by atoms with Crippen molar-refractivity contribution in [3.05, 3.63) is 69.8 Å². The smallest absolute Gasteiger partial charge is 0.333 e. The summed E-state index contributed by atoms with van der Waals surface area (Å²) in [5.41, 5.74) is 6.26. The van der Waals surface area contributed by atoms with Crippen LogP contribution in [0.4, 0.5) is 0 Å². The van der Waals surface area contributed by atoms with E-state index < -0.39 is 37.2 Å². The summed E-state index contributed by atoms with van der Waals surface area (Å²) in [4.78, 5) is 12.0. The van der Waals surface area contributed by atoms with Crippen molar-refractivity contribution >= 4 is 12.0 Å². The minimum atomic E-state index is -1.41. The van der Waals surface area contributed by atoms with Crippen LogP contribution in [-0.4, -0.2) is 59.6 Å². The van der Waals surface area contributed by atoms with E-state index in [-0.39, 0.29) is 0 Å². The Kier molecular flexibility index (Phi) is 9.61. The fourth-order valence-corrected chi connectivity index (χ4v) is 3.50. The number of ether oxygens (including phenoxy) is 3. The van der Waals surface area contributed by atoms with E-state index >= 15 is 0 Å². The van der Waals surface area contributed by atoms with Crippen molar-refractivity contribution in [3.63, 3.8) is 0 Å². The molecule has 0 bridgehead atoms. The molecule has 1 heterocycles. The highest BCUT2D eigenvalue weighted by Gasteiger charge is 2.44. The molecule has 180 valence electrons. The number of aliphatic hydroxyl groups excluding tert-OH is 3. The lowest BCUT2D eigenvalue weighted by Gasteiger charge is -2.14. The number of benzene rings is 1. The van der Waals surface area contributed by atoms with Gasteiger partial charge >= 0.3 is 5.97 Å². The summed E-state index contributed by atoms with van der Waals surface area (Å²) in [6, 6.07) is 2.04. The third-order valence-corrected chi connectivity index (χ3v) is 5.64. The molecule has 0 aromatic heterocycles. The molecule has 0 spiro atoms. The second-order valence-corrected chi connectivity index (χ2v) is 8.19. The standard InChI is InChI=1S/C26H34O7/c1-15(10-11-20-17(3)13-21(31-6)19(5)18(20)4)8-7-9-16(2)12-23(28)33-26-25(30)24(29)22(14-27)32-26/h7-13,22,24-27,29-30H,14H2,1-6H3/t22-,24-,25-,26?/m1/s1. The molecule has 1 aromatic carbocycles. The first kappa shape index (κ1) is 26.5. The molecule has 1 fully saturated rings. The lowest BCUT2D eigenvalue weighted by molar-refractivity contribution is -0.184. The Morgan fingerprint density at radius 3 is 2.39 bits per heavy atom. The van der Waals surface area contributed by atoms with Crippen LogP contribution in [0, 0.1) is 20.8 Å². The molecule has 33 heavy (non-hydrogen) atoms. The van der Waals surface area contributed by atoms with Gasteiger partial charge in [-0.2, -0.15) is 0 Å². The van der Waals surface area contributed by atoms with Crippen LogP contribution in [0.2, 0.25) is 0 Å². The van der Waals surface area contributed by atoms with Gasteiger partial charge < -0.3 is 29.5 Å². The van der Waals surface area contributed by atoms with Crippen LogP contribution in [0.5, 0.6) is 5.75 Å². The number of hydrogen-bond acceptors (Lipinski definition) is 7. The molecule has 0 radical (unpaired) electrons. The van der Waals surface area contributed by atoms with Crippen LogP contribution in [0.1, 0.15) is 36.1 Å². The number of aryl methyl sites for hydroxylation is 1. The van der Waals surface area contributed by atoms with Gasteiger partial charge in [0.1, 0.15) is 24.1 Å². The van der Waals surface area contributed by atoms with E-state index in [0.717, 1.165) is 28.0 Å². The molecule has 2 rings (SSSR count). The number of hydrogen-bond donors (Lipinski definition) is 3. The van der Waals surface area contributed by atoms with Crippen molar-refractivity contribution in [1.82, 2.24) is 0 Å². The molecule has 1 unspecified atom stereocenters. The zero-order valence-corrected chi connectivity index (χ0v) is 20.0. The van der Waals surface area contributed by atoms with Gasteiger partial charge in [0.2, 0.25) is 6.29 Å². The van der Waals surface area contributed by atoms with Crippen molar-refractivity contribution in [1.29, 1.82) is 0 Å². The molecule has 1 aromatic rings. The van der Waals surface area contributed by atoms with Crippen LogP contribution in [0.15, 0.2) is 47.6 Å². The van der Waals surface area contributed by atoms with E-state index in [1.165, 1.54) is 11.6 Å². The van der Waals surface area contributed by atoms with Crippen LogP contribution in [0.25, 0.3) is 6.08 Å². The maximum absolute atomic E-state index is 12.0. The monoisotopic (exact) mass is 458 g/mol. The zero-order valence-electron chi connectivity index (χ0n) is 20.0. The normalized spacial score (nSPS) is 24.2. The molecule has 3 N–H and O–H groups in total. The predicted octanol–water partition coefficient (Wildman–Crippen LogP) is 3.06. The Balaban J connectivity index is 1.99. The van der Waals surface area contributed by atoms with Crippen molar-refractivity contribution < 1.29 is 34.3 Å². The third-order valence-electron chi connectivity index (χ3n) is 5.64. The average molecular weight is 459 g/mol. The predicted molar refractivity (Wildman–Crippen MR) is 127 cm³/mol. The molecule has 1 aliphatic rings. The summed E-state index contributed by atoms with van der Waals surface area (Å²) in [6.45, 7) is 9.42. The molecular weight excluding hydrogens is 424 g/mol. The Labute approximate surface area is 195 Å². The summed E-state index contributed by atoms with van der Waals surface area (Å²) < 4.78 is 15.6. The fourth-order valence-electron chi connectivity index (χ4n) is 3.50. The van der Waals surface area contributed by atoms with E-state index in [4.69, 9.17) is 19.3 Å². The number of allylic oxidation sites excluding steroid dienone is 6. The summed E-state index contributed by atoms with van der Waals surface area (Å²) in [5, 5.41) is 28.6. The highest BCUT2D eigenvalue weighted by Crippen LogP contribution is 2.28. The second kappa shape index (κ2) is 12.0. The minimum Gasteiger partial charge on any atom is -0.496 e. The van der Waals surface area contributed by atoms with E-state index in [1.807, 2.05) is 38.1 Å². The van der Waals surface area contributed by atoms with Crippen molar-refractivity contribution in [2.75, 3.05) is 13.7 Å². The number of methoxy groups -OCH3 is 1. The molecular formula is C26H34O7. The van der Waals surface area contributed by atoms with Gasteiger partial charge in [-0.15, -0.1) is 0 Å². The molecule has 0 saturated carbocycles. The Morgan fingerprint density at radius 1 is 1.09 bits per heavy atom. The van der Waals surface area contributed by atoms with Crippen LogP contribution >= 0.6 is 0 Å². The number of carbonyl (C=O) groups is 1. The maximum Gasteiger partial charge on any atom is 0.333 e. The number of esters is 1. The molecule has 4 atom stereocenters. The largest absolute Gasteiger partial charge is 0.496 e. The molecule has 7 heteroatoms. The van der Waals surface area contributed by atoms with Crippen molar-refractivity contribution in [2.45, 2.75) is 59.2 Å². The average Bonchev–Trinajstić information content (AvgIpc) is 3.03. The maximum atomic E-state index is 12.0. The Bertz CT molecular complexity index is 971. The van der Waals surface area contributed by atoms with E-state index in [0.29, 0.717) is 5.57 Å². The first-order valence-electron chi connectivity index (χ1n) is 10.8. The topological polar surface area (TPSA) is 105 Å². The van der Waals surface area contributed by atoms with Crippen molar-refractivity contribution in [2.24, 2.45) is 0 Å². The second-order valence-electron chi connectivity index (χ2n) is 8.19. The van der Waals surface area contributed by atoms with Crippen LogP contribution in [-0.2, 0) is 14.3 Å². The zero-order chi connectivity index (χ0) is 24.7. The molecule has 1 saturated heterocycles. The number of carbonyl (C=O) groups excluding carboxylic acids is 1. The van der Waals surface area contributed by atoms with E-state index in [1.54, 1.807) is 20.1 Å². The third kappa shape index (κ3) is 6.88. The Morgan fingerprint density at radius 2 is 1.79 bits per heavy atom. The quantitative estimate of drug-likeness (QED) is 0.312. The van der Waals surface area contributed by atoms with Gasteiger partial charge in [-0.25, -0.2) is 4.79 Å². The molecule has 7 nitrogen and oxygen atoms in total. The molecule has 0 aliphatic carbocycles. The van der Waals surface area contributed by atoms with Gasteiger partial charge in [0.05, 0.1) is 13.7 Å². The molecule has 1 aliphatic heterocycles. The highest BCUT2D eigenvalue weighted by atomic mass is 16.7. The SMILES string of the molecule is COc1cc(C)c(C=CC(C)=CC=CC(C)=CC(=O)OC2O[C@H](CO)[C@@H](O)[C@H]2O)c(C)c1C. The van der Waals surface area contributed by atoms with Gasteiger partial charge in [0, 0.05) is 6.08 Å². The van der Waals surface area contributed by atoms with Gasteiger partial charge in [0.15, 0.2) is 0 Å². The first-order valence-corrected chi connectivity index (χ1v) is 10.8. The molecule has 0 amide bonds. The van der Waals surface area contributed by atoms with Crippen LogP contribution in [0.3, 0.4) is 0 Å². The van der Waals surface area contributed by atoms with Crippen molar-refractivity contribution in [3.8, 4) is 5.75 Å². The summed E-state index contributed by atoms with van der Waals surface area (Å²) in [7, 11) is 1.68.